The molecular weight excluding hydrogens is 258 g/mol. The van der Waals surface area contributed by atoms with Crippen molar-refractivity contribution in [2.75, 3.05) is 25.0 Å². The molecule has 1 saturated heterocycles. The molecular formula is C11H16F2N4O2. The summed E-state index contributed by atoms with van der Waals surface area (Å²) in [4.78, 5) is 13.2. The predicted molar refractivity (Wildman–Crippen MR) is 64.1 cm³/mol. The number of aromatic nitrogens is 1. The number of nitrogens with zero attached hydrogens (tertiary/aromatic N) is 2. The van der Waals surface area contributed by atoms with Gasteiger partial charge in [-0.15, -0.1) is 0 Å². The number of carbonyl (C=O) groups is 1. The Hall–Kier alpha value is -1.70. The van der Waals surface area contributed by atoms with Gasteiger partial charge >= 0.3 is 6.03 Å². The van der Waals surface area contributed by atoms with Gasteiger partial charge in [-0.2, -0.15) is 0 Å². The van der Waals surface area contributed by atoms with Gasteiger partial charge in [-0.3, -0.25) is 10.2 Å². The van der Waals surface area contributed by atoms with Gasteiger partial charge in [0, 0.05) is 18.7 Å². The molecule has 19 heavy (non-hydrogen) atoms. The maximum atomic E-state index is 12.4. The van der Waals surface area contributed by atoms with Crippen LogP contribution in [-0.2, 0) is 0 Å². The molecule has 8 heteroatoms. The van der Waals surface area contributed by atoms with Crippen LogP contribution in [-0.4, -0.2) is 48.2 Å². The molecule has 1 aromatic heterocycles. The molecule has 1 fully saturated rings. The Labute approximate surface area is 109 Å². The zero-order valence-corrected chi connectivity index (χ0v) is 10.3. The number of carbonyl (C=O) groups excluding carboxylic acids is 1. The summed E-state index contributed by atoms with van der Waals surface area (Å²) in [6, 6.07) is 1.06. The fourth-order valence-electron chi connectivity index (χ4n) is 2.19. The number of urea groups is 1. The highest BCUT2D eigenvalue weighted by Crippen LogP contribution is 2.17. The summed E-state index contributed by atoms with van der Waals surface area (Å²) in [7, 11) is 0. The van der Waals surface area contributed by atoms with Crippen molar-refractivity contribution in [3.63, 3.8) is 0 Å². The smallest absolute Gasteiger partial charge is 0.320 e. The monoisotopic (exact) mass is 274 g/mol. The van der Waals surface area contributed by atoms with E-state index in [0.29, 0.717) is 18.9 Å². The molecule has 2 N–H and O–H groups in total. The van der Waals surface area contributed by atoms with Crippen LogP contribution in [0.15, 0.2) is 16.9 Å². The van der Waals surface area contributed by atoms with Gasteiger partial charge in [0.2, 0.25) is 0 Å². The number of alkyl halides is 2. The highest BCUT2D eigenvalue weighted by molar-refractivity contribution is 5.87. The second-order valence-electron chi connectivity index (χ2n) is 4.40. The Kier molecular flexibility index (Phi) is 4.67. The summed E-state index contributed by atoms with van der Waals surface area (Å²) in [5.41, 5.74) is 0. The summed E-state index contributed by atoms with van der Waals surface area (Å²) in [5, 5.41) is 8.66. The molecule has 2 heterocycles. The molecule has 1 aliphatic heterocycles. The van der Waals surface area contributed by atoms with Crippen molar-refractivity contribution in [2.45, 2.75) is 25.3 Å². The molecule has 1 aliphatic rings. The number of anilines is 1. The topological polar surface area (TPSA) is 70.4 Å². The average Bonchev–Trinajstić information content (AvgIpc) is 2.97. The zero-order chi connectivity index (χ0) is 13.7. The summed E-state index contributed by atoms with van der Waals surface area (Å²) < 4.78 is 29.3. The maximum absolute atomic E-state index is 12.4. The van der Waals surface area contributed by atoms with Crippen LogP contribution in [0.3, 0.4) is 0 Å². The fourth-order valence-corrected chi connectivity index (χ4v) is 2.19. The number of nitrogens with one attached hydrogen (secondary N) is 2. The third-order valence-corrected chi connectivity index (χ3v) is 3.05. The number of hydrogen-bond acceptors (Lipinski definition) is 4. The lowest BCUT2D eigenvalue weighted by molar-refractivity contribution is 0.0826. The number of halogens is 2. The van der Waals surface area contributed by atoms with Crippen molar-refractivity contribution in [3.05, 3.63) is 12.3 Å². The second-order valence-corrected chi connectivity index (χ2v) is 4.40. The van der Waals surface area contributed by atoms with Gasteiger partial charge in [0.15, 0.2) is 5.82 Å². The van der Waals surface area contributed by atoms with Crippen molar-refractivity contribution >= 4 is 11.8 Å². The first-order valence-corrected chi connectivity index (χ1v) is 6.12. The molecule has 0 bridgehead atoms. The summed E-state index contributed by atoms with van der Waals surface area (Å²) in [6.45, 7) is 0.759. The van der Waals surface area contributed by atoms with Crippen LogP contribution in [0.4, 0.5) is 19.4 Å². The van der Waals surface area contributed by atoms with E-state index in [2.05, 4.69) is 20.3 Å². The number of hydrogen-bond donors (Lipinski definition) is 2. The van der Waals surface area contributed by atoms with Crippen LogP contribution in [0.5, 0.6) is 0 Å². The van der Waals surface area contributed by atoms with E-state index in [0.717, 1.165) is 12.8 Å². The van der Waals surface area contributed by atoms with Gasteiger partial charge in [-0.25, -0.2) is 13.6 Å². The summed E-state index contributed by atoms with van der Waals surface area (Å²) in [6.07, 6.45) is 0.697. The van der Waals surface area contributed by atoms with E-state index in [1.54, 1.807) is 4.90 Å². The van der Waals surface area contributed by atoms with E-state index in [-0.39, 0.29) is 12.6 Å². The third-order valence-electron chi connectivity index (χ3n) is 3.05. The third kappa shape index (κ3) is 4.16. The first-order valence-electron chi connectivity index (χ1n) is 6.12. The first kappa shape index (κ1) is 13.7. The molecule has 0 spiro atoms. The van der Waals surface area contributed by atoms with Crippen molar-refractivity contribution in [1.82, 2.24) is 15.4 Å². The van der Waals surface area contributed by atoms with Crippen LogP contribution in [0.2, 0.25) is 0 Å². The molecule has 0 saturated carbocycles. The molecule has 1 aromatic rings. The molecule has 6 nitrogen and oxygen atoms in total. The number of likely N-dealkylation sites (tertiary alicyclic amines) is 1. The van der Waals surface area contributed by atoms with Crippen molar-refractivity contribution < 1.29 is 18.1 Å². The van der Waals surface area contributed by atoms with Crippen LogP contribution in [0.1, 0.15) is 12.8 Å². The van der Waals surface area contributed by atoms with Crippen molar-refractivity contribution in [2.24, 2.45) is 0 Å². The van der Waals surface area contributed by atoms with E-state index in [1.807, 2.05) is 0 Å². The highest BCUT2D eigenvalue weighted by Gasteiger charge is 2.26. The minimum atomic E-state index is -2.34. The molecule has 106 valence electrons. The van der Waals surface area contributed by atoms with Gasteiger partial charge in [0.05, 0.1) is 6.54 Å². The molecule has 0 radical (unpaired) electrons. The number of amides is 2. The quantitative estimate of drug-likeness (QED) is 0.854. The Morgan fingerprint density at radius 3 is 3.16 bits per heavy atom. The van der Waals surface area contributed by atoms with Gasteiger partial charge < -0.3 is 9.84 Å². The zero-order valence-electron chi connectivity index (χ0n) is 10.3. The second kappa shape index (κ2) is 6.46. The van der Waals surface area contributed by atoms with Gasteiger partial charge in [0.1, 0.15) is 6.26 Å². The van der Waals surface area contributed by atoms with Crippen LogP contribution >= 0.6 is 0 Å². The Morgan fingerprint density at radius 1 is 1.63 bits per heavy atom. The lowest BCUT2D eigenvalue weighted by Crippen LogP contribution is -2.43. The van der Waals surface area contributed by atoms with Crippen molar-refractivity contribution in [3.8, 4) is 0 Å². The first-order chi connectivity index (χ1) is 9.15. The highest BCUT2D eigenvalue weighted by atomic mass is 19.3. The lowest BCUT2D eigenvalue weighted by Gasteiger charge is -2.24. The molecule has 2 amide bonds. The Bertz CT molecular complexity index is 399. The number of rotatable bonds is 5. The van der Waals surface area contributed by atoms with E-state index in [4.69, 9.17) is 0 Å². The Morgan fingerprint density at radius 2 is 2.47 bits per heavy atom. The van der Waals surface area contributed by atoms with E-state index in [1.165, 1.54) is 12.3 Å². The normalized spacial score (nSPS) is 19.8. The largest absolute Gasteiger partial charge is 0.363 e. The molecule has 1 unspecified atom stereocenters. The lowest BCUT2D eigenvalue weighted by atomic mass is 10.2. The van der Waals surface area contributed by atoms with Gasteiger partial charge in [-0.05, 0) is 19.4 Å². The molecule has 2 rings (SSSR count). The van der Waals surface area contributed by atoms with Crippen LogP contribution in [0.25, 0.3) is 0 Å². The maximum Gasteiger partial charge on any atom is 0.320 e. The summed E-state index contributed by atoms with van der Waals surface area (Å²) in [5.74, 6) is 0.313. The average molecular weight is 274 g/mol. The van der Waals surface area contributed by atoms with Gasteiger partial charge in [-0.1, -0.05) is 5.16 Å². The van der Waals surface area contributed by atoms with E-state index in [9.17, 15) is 13.6 Å². The van der Waals surface area contributed by atoms with Crippen LogP contribution < -0.4 is 10.6 Å². The molecule has 0 aliphatic carbocycles. The summed E-state index contributed by atoms with van der Waals surface area (Å²) >= 11 is 0. The standard InChI is InChI=1S/C11H16F2N4O2/c12-9(13)7-17-4-1-2-8(17)6-14-11(18)15-10-3-5-19-16-10/h3,5,8-9H,1-2,4,6-7H2,(H2,14,15,16,18). The molecule has 0 aromatic carbocycles. The van der Waals surface area contributed by atoms with E-state index < -0.39 is 12.5 Å². The van der Waals surface area contributed by atoms with Crippen molar-refractivity contribution in [1.29, 1.82) is 0 Å². The SMILES string of the molecule is O=C(NCC1CCCN1CC(F)F)Nc1ccon1. The minimum Gasteiger partial charge on any atom is -0.363 e. The predicted octanol–water partition coefficient (Wildman–Crippen LogP) is 1.53. The fraction of sp³-hybridized carbons (Fsp3) is 0.636. The van der Waals surface area contributed by atoms with E-state index >= 15 is 0 Å². The minimum absolute atomic E-state index is 0.0305. The van der Waals surface area contributed by atoms with Gasteiger partial charge in [0.25, 0.3) is 6.43 Å². The Balaban J connectivity index is 1.73. The molecule has 1 atom stereocenters. The van der Waals surface area contributed by atoms with Crippen LogP contribution in [0, 0.1) is 0 Å².